The fourth-order valence-corrected chi connectivity index (χ4v) is 0.939. The van der Waals surface area contributed by atoms with E-state index in [0.717, 1.165) is 19.5 Å². The van der Waals surface area contributed by atoms with Gasteiger partial charge >= 0.3 is 0 Å². The van der Waals surface area contributed by atoms with Gasteiger partial charge in [0.1, 0.15) is 0 Å². The summed E-state index contributed by atoms with van der Waals surface area (Å²) in [6.07, 6.45) is 5.44. The lowest BCUT2D eigenvalue weighted by atomic mass is 10.1. The third-order valence-corrected chi connectivity index (χ3v) is 1.62. The Morgan fingerprint density at radius 3 is 2.91 bits per heavy atom. The van der Waals surface area contributed by atoms with Crippen molar-refractivity contribution >= 4 is 0 Å². The zero-order valence-electron chi connectivity index (χ0n) is 7.47. The van der Waals surface area contributed by atoms with E-state index in [1.54, 1.807) is 0 Å². The maximum atomic E-state index is 5.80. The molecule has 0 radical (unpaired) electrons. The summed E-state index contributed by atoms with van der Waals surface area (Å²) in [6, 6.07) is 0.315. The van der Waals surface area contributed by atoms with Gasteiger partial charge in [0.05, 0.1) is 0 Å². The van der Waals surface area contributed by atoms with E-state index in [0.29, 0.717) is 6.04 Å². The minimum Gasteiger partial charge on any atom is -0.327 e. The van der Waals surface area contributed by atoms with Crippen molar-refractivity contribution in [1.82, 2.24) is 5.32 Å². The van der Waals surface area contributed by atoms with Gasteiger partial charge in [-0.1, -0.05) is 25.8 Å². The average Bonchev–Trinajstić information content (AvgIpc) is 2.01. The van der Waals surface area contributed by atoms with Gasteiger partial charge in [0.2, 0.25) is 0 Å². The van der Waals surface area contributed by atoms with Gasteiger partial charge in [0.25, 0.3) is 0 Å². The van der Waals surface area contributed by atoms with Gasteiger partial charge in [-0.05, 0) is 6.42 Å². The normalized spacial score (nSPS) is 12.9. The zero-order chi connectivity index (χ0) is 8.53. The van der Waals surface area contributed by atoms with E-state index in [-0.39, 0.29) is 0 Å². The molecule has 0 aliphatic rings. The Kier molecular flexibility index (Phi) is 7.52. The third-order valence-electron chi connectivity index (χ3n) is 1.62. The number of hydrogen-bond donors (Lipinski definition) is 2. The molecule has 1 atom stereocenters. The molecule has 0 fully saturated rings. The summed E-state index contributed by atoms with van der Waals surface area (Å²) < 4.78 is 0. The lowest BCUT2D eigenvalue weighted by Gasteiger charge is -2.10. The van der Waals surface area contributed by atoms with Gasteiger partial charge in [0, 0.05) is 19.1 Å². The summed E-state index contributed by atoms with van der Waals surface area (Å²) >= 11 is 0. The number of unbranched alkanes of at least 4 members (excludes halogenated alkanes) is 1. The Labute approximate surface area is 69.9 Å². The van der Waals surface area contributed by atoms with Crippen molar-refractivity contribution in [1.29, 1.82) is 0 Å². The fraction of sp³-hybridized carbons (Fsp3) is 0.778. The first-order chi connectivity index (χ1) is 5.31. The molecule has 2 nitrogen and oxygen atoms in total. The molecule has 0 aliphatic carbocycles. The highest BCUT2D eigenvalue weighted by Gasteiger charge is 1.98. The van der Waals surface area contributed by atoms with Crippen LogP contribution in [0.4, 0.5) is 0 Å². The lowest BCUT2D eigenvalue weighted by Crippen LogP contribution is -2.33. The Balaban J connectivity index is 3.08. The molecule has 0 bridgehead atoms. The largest absolute Gasteiger partial charge is 0.327 e. The van der Waals surface area contributed by atoms with Crippen LogP contribution in [0.25, 0.3) is 0 Å². The Hall–Kier alpha value is -0.340. The van der Waals surface area contributed by atoms with Crippen molar-refractivity contribution in [3.05, 3.63) is 12.7 Å². The van der Waals surface area contributed by atoms with Crippen molar-refractivity contribution < 1.29 is 0 Å². The maximum Gasteiger partial charge on any atom is 0.0165 e. The topological polar surface area (TPSA) is 38.0 Å². The van der Waals surface area contributed by atoms with Crippen LogP contribution in [0.15, 0.2) is 12.7 Å². The number of hydrogen-bond acceptors (Lipinski definition) is 2. The van der Waals surface area contributed by atoms with Crippen LogP contribution in [0, 0.1) is 0 Å². The van der Waals surface area contributed by atoms with E-state index in [9.17, 15) is 0 Å². The highest BCUT2D eigenvalue weighted by Crippen LogP contribution is 1.96. The summed E-state index contributed by atoms with van der Waals surface area (Å²) in [4.78, 5) is 0. The molecule has 11 heavy (non-hydrogen) atoms. The van der Waals surface area contributed by atoms with Gasteiger partial charge in [-0.3, -0.25) is 0 Å². The van der Waals surface area contributed by atoms with Crippen LogP contribution >= 0.6 is 0 Å². The molecule has 0 aromatic heterocycles. The Morgan fingerprint density at radius 2 is 2.36 bits per heavy atom. The first-order valence-electron chi connectivity index (χ1n) is 4.38. The average molecular weight is 156 g/mol. The molecule has 0 spiro atoms. The van der Waals surface area contributed by atoms with Crippen LogP contribution in [-0.4, -0.2) is 19.1 Å². The summed E-state index contributed by atoms with van der Waals surface area (Å²) in [5, 5.41) is 3.20. The first kappa shape index (κ1) is 10.7. The minimum absolute atomic E-state index is 0.315. The van der Waals surface area contributed by atoms with E-state index in [2.05, 4.69) is 18.8 Å². The van der Waals surface area contributed by atoms with Crippen molar-refractivity contribution in [3.63, 3.8) is 0 Å². The maximum absolute atomic E-state index is 5.80. The van der Waals surface area contributed by atoms with Gasteiger partial charge in [-0.15, -0.1) is 6.58 Å². The Bertz CT molecular complexity index is 91.6. The van der Waals surface area contributed by atoms with Crippen molar-refractivity contribution in [2.75, 3.05) is 13.1 Å². The predicted octanol–water partition coefficient (Wildman–Crippen LogP) is 1.28. The third kappa shape index (κ3) is 7.56. The standard InChI is InChI=1S/C9H20N2/c1-3-5-6-9(10)8-11-7-4-2/h4,9,11H,2-3,5-8,10H2,1H3. The van der Waals surface area contributed by atoms with E-state index >= 15 is 0 Å². The molecule has 0 saturated carbocycles. The first-order valence-corrected chi connectivity index (χ1v) is 4.38. The van der Waals surface area contributed by atoms with Crippen LogP contribution < -0.4 is 11.1 Å². The van der Waals surface area contributed by atoms with E-state index < -0.39 is 0 Å². The number of nitrogens with two attached hydrogens (primary N) is 1. The lowest BCUT2D eigenvalue weighted by molar-refractivity contribution is 0.539. The zero-order valence-corrected chi connectivity index (χ0v) is 7.47. The van der Waals surface area contributed by atoms with Crippen molar-refractivity contribution in [3.8, 4) is 0 Å². The van der Waals surface area contributed by atoms with Crippen LogP contribution in [0.1, 0.15) is 26.2 Å². The van der Waals surface area contributed by atoms with Gasteiger partial charge < -0.3 is 11.1 Å². The monoisotopic (exact) mass is 156 g/mol. The van der Waals surface area contributed by atoms with E-state index in [1.807, 2.05) is 6.08 Å². The SMILES string of the molecule is C=CCNCC(N)CCCC. The molecule has 3 N–H and O–H groups in total. The molecule has 0 aromatic carbocycles. The molecule has 2 heteroatoms. The molecule has 0 saturated heterocycles. The highest BCUT2D eigenvalue weighted by molar-refractivity contribution is 4.72. The quantitative estimate of drug-likeness (QED) is 0.430. The van der Waals surface area contributed by atoms with Crippen LogP contribution in [0.2, 0.25) is 0 Å². The van der Waals surface area contributed by atoms with Gasteiger partial charge in [-0.2, -0.15) is 0 Å². The van der Waals surface area contributed by atoms with Crippen molar-refractivity contribution in [2.45, 2.75) is 32.2 Å². The number of rotatable bonds is 7. The minimum atomic E-state index is 0.315. The summed E-state index contributed by atoms with van der Waals surface area (Å²) in [5.74, 6) is 0. The smallest absolute Gasteiger partial charge is 0.0165 e. The summed E-state index contributed by atoms with van der Waals surface area (Å²) in [6.45, 7) is 7.57. The van der Waals surface area contributed by atoms with Crippen molar-refractivity contribution in [2.24, 2.45) is 5.73 Å². The molecule has 0 rings (SSSR count). The van der Waals surface area contributed by atoms with Gasteiger partial charge in [0.15, 0.2) is 0 Å². The molecule has 1 unspecified atom stereocenters. The molecular weight excluding hydrogens is 136 g/mol. The van der Waals surface area contributed by atoms with Crippen LogP contribution in [0.5, 0.6) is 0 Å². The fourth-order valence-electron chi connectivity index (χ4n) is 0.939. The van der Waals surface area contributed by atoms with E-state index in [4.69, 9.17) is 5.73 Å². The molecule has 66 valence electrons. The second-order valence-electron chi connectivity index (χ2n) is 2.85. The van der Waals surface area contributed by atoms with E-state index in [1.165, 1.54) is 12.8 Å². The summed E-state index contributed by atoms with van der Waals surface area (Å²) in [7, 11) is 0. The molecular formula is C9H20N2. The highest BCUT2D eigenvalue weighted by atomic mass is 14.9. The van der Waals surface area contributed by atoms with Crippen LogP contribution in [0.3, 0.4) is 0 Å². The Morgan fingerprint density at radius 1 is 1.64 bits per heavy atom. The molecule has 0 heterocycles. The van der Waals surface area contributed by atoms with Gasteiger partial charge in [-0.25, -0.2) is 0 Å². The molecule has 0 amide bonds. The molecule has 0 aromatic rings. The second-order valence-corrected chi connectivity index (χ2v) is 2.85. The number of nitrogens with one attached hydrogen (secondary N) is 1. The second kappa shape index (κ2) is 7.76. The van der Waals surface area contributed by atoms with Crippen LogP contribution in [-0.2, 0) is 0 Å². The molecule has 0 aliphatic heterocycles. The summed E-state index contributed by atoms with van der Waals surface area (Å²) in [5.41, 5.74) is 5.80. The predicted molar refractivity (Wildman–Crippen MR) is 50.6 cm³/mol.